The monoisotopic (exact) mass is 459 g/mol. The van der Waals surface area contributed by atoms with Gasteiger partial charge in [-0.2, -0.15) is 5.10 Å². The van der Waals surface area contributed by atoms with Crippen LogP contribution in [0, 0.1) is 10.1 Å². The zero-order valence-corrected chi connectivity index (χ0v) is 18.2. The molecule has 172 valence electrons. The molecule has 34 heavy (non-hydrogen) atoms. The number of carbonyl (C=O) groups is 2. The van der Waals surface area contributed by atoms with Crippen LogP contribution in [-0.2, 0) is 4.79 Å². The van der Waals surface area contributed by atoms with Gasteiger partial charge in [-0.05, 0) is 48.4 Å². The molecule has 9 heteroatoms. The molecule has 3 aromatic rings. The molecule has 0 aliphatic rings. The predicted molar refractivity (Wildman–Crippen MR) is 127 cm³/mol. The van der Waals surface area contributed by atoms with Crippen LogP contribution < -0.4 is 14.9 Å². The summed E-state index contributed by atoms with van der Waals surface area (Å²) in [6, 6.07) is 19.5. The van der Waals surface area contributed by atoms with Gasteiger partial charge in [0, 0.05) is 23.8 Å². The summed E-state index contributed by atoms with van der Waals surface area (Å²) >= 11 is 0. The lowest BCUT2D eigenvalue weighted by Gasteiger charge is -2.10. The molecule has 1 amide bonds. The number of amides is 1. The summed E-state index contributed by atoms with van der Waals surface area (Å²) in [5.74, 6) is -0.587. The smallest absolute Gasteiger partial charge is 0.336 e. The molecule has 9 nitrogen and oxygen atoms in total. The Labute approximate surface area is 195 Å². The van der Waals surface area contributed by atoms with E-state index in [0.717, 1.165) is 11.6 Å². The highest BCUT2D eigenvalue weighted by Gasteiger charge is 2.12. The van der Waals surface area contributed by atoms with Crippen molar-refractivity contribution in [1.29, 1.82) is 0 Å². The highest BCUT2D eigenvalue weighted by atomic mass is 16.6. The number of ether oxygens (including phenoxy) is 2. The van der Waals surface area contributed by atoms with Crippen LogP contribution in [0.3, 0.4) is 0 Å². The lowest BCUT2D eigenvalue weighted by Crippen LogP contribution is -2.17. The first-order chi connectivity index (χ1) is 16.5. The molecule has 0 unspecified atom stereocenters. The van der Waals surface area contributed by atoms with Gasteiger partial charge in [0.1, 0.15) is 0 Å². The van der Waals surface area contributed by atoms with Gasteiger partial charge in [0.25, 0.3) is 11.6 Å². The van der Waals surface area contributed by atoms with Crippen molar-refractivity contribution in [3.05, 3.63) is 106 Å². The summed E-state index contributed by atoms with van der Waals surface area (Å²) in [6.45, 7) is 2.13. The molecular weight excluding hydrogens is 438 g/mol. The van der Waals surface area contributed by atoms with Gasteiger partial charge in [-0.15, -0.1) is 0 Å². The minimum Gasteiger partial charge on any atom is -0.490 e. The number of non-ortho nitro benzene ring substituents is 1. The Kier molecular flexibility index (Phi) is 8.23. The molecule has 3 rings (SSSR count). The van der Waals surface area contributed by atoms with Gasteiger partial charge in [0.2, 0.25) is 0 Å². The van der Waals surface area contributed by atoms with Gasteiger partial charge in [-0.25, -0.2) is 10.2 Å². The minimum absolute atomic E-state index is 0.104. The summed E-state index contributed by atoms with van der Waals surface area (Å²) in [5, 5.41) is 14.7. The van der Waals surface area contributed by atoms with Crippen LogP contribution in [0.15, 0.2) is 84.0 Å². The van der Waals surface area contributed by atoms with E-state index in [2.05, 4.69) is 10.5 Å². The molecule has 0 aliphatic heterocycles. The number of carbonyl (C=O) groups excluding carboxylic acids is 2. The van der Waals surface area contributed by atoms with E-state index in [4.69, 9.17) is 9.47 Å². The van der Waals surface area contributed by atoms with E-state index in [1.165, 1.54) is 30.5 Å². The van der Waals surface area contributed by atoms with Crippen LogP contribution in [-0.4, -0.2) is 29.6 Å². The van der Waals surface area contributed by atoms with Gasteiger partial charge in [-0.1, -0.05) is 36.4 Å². The number of hydrogen-bond donors (Lipinski definition) is 1. The van der Waals surface area contributed by atoms with Gasteiger partial charge < -0.3 is 9.47 Å². The van der Waals surface area contributed by atoms with Crippen molar-refractivity contribution in [1.82, 2.24) is 5.43 Å². The summed E-state index contributed by atoms with van der Waals surface area (Å²) < 4.78 is 10.9. The van der Waals surface area contributed by atoms with Crippen LogP contribution in [0.4, 0.5) is 5.69 Å². The van der Waals surface area contributed by atoms with E-state index >= 15 is 0 Å². The normalized spacial score (nSPS) is 10.9. The average Bonchev–Trinajstić information content (AvgIpc) is 2.85. The lowest BCUT2D eigenvalue weighted by molar-refractivity contribution is -0.384. The van der Waals surface area contributed by atoms with Crippen molar-refractivity contribution in [2.24, 2.45) is 5.10 Å². The number of nitrogens with zero attached hydrogens (tertiary/aromatic N) is 2. The number of nitro groups is 1. The molecule has 1 N–H and O–H groups in total. The molecular formula is C25H21N3O6. The Morgan fingerprint density at radius 2 is 1.79 bits per heavy atom. The van der Waals surface area contributed by atoms with Crippen LogP contribution in [0.5, 0.6) is 11.5 Å². The summed E-state index contributed by atoms with van der Waals surface area (Å²) in [4.78, 5) is 34.6. The molecule has 0 spiro atoms. The van der Waals surface area contributed by atoms with Crippen molar-refractivity contribution in [2.45, 2.75) is 6.92 Å². The molecule has 3 aromatic carbocycles. The number of hydrogen-bond acceptors (Lipinski definition) is 7. The molecule has 0 aliphatic carbocycles. The third-order valence-electron chi connectivity index (χ3n) is 4.39. The molecule has 0 atom stereocenters. The van der Waals surface area contributed by atoms with E-state index in [9.17, 15) is 19.7 Å². The van der Waals surface area contributed by atoms with E-state index in [0.29, 0.717) is 17.9 Å². The number of nitro benzene ring substituents is 1. The SMILES string of the molecule is CCOc1cc(/C=N/NC(=O)c2cccc([N+](=O)[O-])c2)ccc1OC(=O)/C=C/c1ccccc1. The quantitative estimate of drug-likeness (QED) is 0.127. The van der Waals surface area contributed by atoms with Crippen molar-refractivity contribution in [3.8, 4) is 11.5 Å². The second-order valence-electron chi connectivity index (χ2n) is 6.81. The fraction of sp³-hybridized carbons (Fsp3) is 0.0800. The molecule has 0 bridgehead atoms. The zero-order chi connectivity index (χ0) is 24.3. The Balaban J connectivity index is 1.66. The maximum Gasteiger partial charge on any atom is 0.336 e. The molecule has 0 fully saturated rings. The second-order valence-corrected chi connectivity index (χ2v) is 6.81. The summed E-state index contributed by atoms with van der Waals surface area (Å²) in [5.41, 5.74) is 3.66. The van der Waals surface area contributed by atoms with Crippen molar-refractivity contribution in [3.63, 3.8) is 0 Å². The molecule has 0 aromatic heterocycles. The predicted octanol–water partition coefficient (Wildman–Crippen LogP) is 4.38. The van der Waals surface area contributed by atoms with Crippen LogP contribution in [0.1, 0.15) is 28.4 Å². The number of rotatable bonds is 9. The maximum atomic E-state index is 12.2. The highest BCUT2D eigenvalue weighted by Crippen LogP contribution is 2.28. The van der Waals surface area contributed by atoms with E-state index < -0.39 is 16.8 Å². The Morgan fingerprint density at radius 3 is 2.53 bits per heavy atom. The Hall–Kier alpha value is -4.79. The number of benzene rings is 3. The van der Waals surface area contributed by atoms with Gasteiger partial charge >= 0.3 is 5.97 Å². The lowest BCUT2D eigenvalue weighted by atomic mass is 10.2. The van der Waals surface area contributed by atoms with Gasteiger partial charge in [0.15, 0.2) is 11.5 Å². The first-order valence-corrected chi connectivity index (χ1v) is 10.3. The van der Waals surface area contributed by atoms with Crippen molar-refractivity contribution in [2.75, 3.05) is 6.61 Å². The second kappa shape index (κ2) is 11.7. The fourth-order valence-electron chi connectivity index (χ4n) is 2.82. The Morgan fingerprint density at radius 1 is 1.00 bits per heavy atom. The fourth-order valence-corrected chi connectivity index (χ4v) is 2.82. The van der Waals surface area contributed by atoms with Gasteiger partial charge in [-0.3, -0.25) is 14.9 Å². The maximum absolute atomic E-state index is 12.2. The third-order valence-corrected chi connectivity index (χ3v) is 4.39. The average molecular weight is 459 g/mol. The zero-order valence-electron chi connectivity index (χ0n) is 18.2. The van der Waals surface area contributed by atoms with Crippen molar-refractivity contribution >= 4 is 29.9 Å². The standard InChI is InChI=1S/C25H21N3O6/c1-2-33-23-15-19(17-26-27-25(30)20-9-6-10-21(16-20)28(31)32)11-13-22(23)34-24(29)14-12-18-7-4-3-5-8-18/h3-17H,2H2,1H3,(H,27,30)/b14-12+,26-17+. The number of hydrazone groups is 1. The molecule has 0 saturated carbocycles. The first kappa shape index (κ1) is 23.9. The van der Waals surface area contributed by atoms with Crippen molar-refractivity contribution < 1.29 is 24.0 Å². The number of esters is 1. The largest absolute Gasteiger partial charge is 0.490 e. The van der Waals surface area contributed by atoms with E-state index in [1.807, 2.05) is 30.3 Å². The topological polar surface area (TPSA) is 120 Å². The van der Waals surface area contributed by atoms with E-state index in [1.54, 1.807) is 31.2 Å². The molecule has 0 heterocycles. The van der Waals surface area contributed by atoms with Gasteiger partial charge in [0.05, 0.1) is 17.7 Å². The van der Waals surface area contributed by atoms with Crippen LogP contribution >= 0.6 is 0 Å². The summed E-state index contributed by atoms with van der Waals surface area (Å²) in [7, 11) is 0. The van der Waals surface area contributed by atoms with Crippen LogP contribution in [0.25, 0.3) is 6.08 Å². The molecule has 0 saturated heterocycles. The Bertz CT molecular complexity index is 1240. The summed E-state index contributed by atoms with van der Waals surface area (Å²) in [6.07, 6.45) is 4.34. The number of nitrogens with one attached hydrogen (secondary N) is 1. The van der Waals surface area contributed by atoms with Crippen LogP contribution in [0.2, 0.25) is 0 Å². The highest BCUT2D eigenvalue weighted by molar-refractivity contribution is 5.95. The van der Waals surface area contributed by atoms with E-state index in [-0.39, 0.29) is 17.0 Å². The third kappa shape index (κ3) is 6.86. The first-order valence-electron chi connectivity index (χ1n) is 10.3. The molecule has 0 radical (unpaired) electrons. The minimum atomic E-state index is -0.597.